The summed E-state index contributed by atoms with van der Waals surface area (Å²) in [4.78, 5) is 16.4. The smallest absolute Gasteiger partial charge is 0.281 e. The molecule has 0 radical (unpaired) electrons. The quantitative estimate of drug-likeness (QED) is 0.349. The van der Waals surface area contributed by atoms with Crippen LogP contribution in [0.3, 0.4) is 0 Å². The first kappa shape index (κ1) is 19.6. The number of aromatic nitrogens is 1. The number of amides is 1. The van der Waals surface area contributed by atoms with Crippen LogP contribution in [-0.4, -0.2) is 22.2 Å². The maximum atomic E-state index is 13.2. The van der Waals surface area contributed by atoms with E-state index in [1.54, 1.807) is 18.3 Å². The van der Waals surface area contributed by atoms with Gasteiger partial charge in [-0.3, -0.25) is 4.79 Å². The maximum Gasteiger partial charge on any atom is 0.281 e. The molecular formula is C25H23N3O2. The lowest BCUT2D eigenvalue weighted by atomic mass is 9.84. The molecule has 0 fully saturated rings. The zero-order valence-corrected chi connectivity index (χ0v) is 16.9. The summed E-state index contributed by atoms with van der Waals surface area (Å²) in [7, 11) is 0. The van der Waals surface area contributed by atoms with Gasteiger partial charge in [-0.25, -0.2) is 5.43 Å². The van der Waals surface area contributed by atoms with Crippen molar-refractivity contribution in [1.82, 2.24) is 10.4 Å². The van der Waals surface area contributed by atoms with Crippen molar-refractivity contribution in [2.45, 2.75) is 19.4 Å². The van der Waals surface area contributed by atoms with Crippen LogP contribution in [0.4, 0.5) is 0 Å². The van der Waals surface area contributed by atoms with Gasteiger partial charge in [0.2, 0.25) is 0 Å². The van der Waals surface area contributed by atoms with E-state index in [4.69, 9.17) is 0 Å². The fraction of sp³-hybridized carbons (Fsp3) is 0.120. The van der Waals surface area contributed by atoms with Gasteiger partial charge in [-0.15, -0.1) is 0 Å². The molecule has 0 saturated carbocycles. The topological polar surface area (TPSA) is 77.5 Å². The van der Waals surface area contributed by atoms with E-state index in [2.05, 4.69) is 15.5 Å². The molecule has 0 aliphatic carbocycles. The molecule has 1 amide bonds. The predicted octanol–water partition coefficient (Wildman–Crippen LogP) is 4.17. The first-order valence-corrected chi connectivity index (χ1v) is 9.75. The van der Waals surface area contributed by atoms with Crippen LogP contribution in [0.25, 0.3) is 10.9 Å². The normalized spacial score (nSPS) is 11.8. The molecule has 1 heterocycles. The average molecular weight is 397 g/mol. The molecule has 3 aromatic carbocycles. The minimum Gasteiger partial charge on any atom is -0.372 e. The number of hydrogen-bond acceptors (Lipinski definition) is 3. The second-order valence-electron chi connectivity index (χ2n) is 7.44. The number of rotatable bonds is 5. The lowest BCUT2D eigenvalue weighted by molar-refractivity contribution is -0.136. The van der Waals surface area contributed by atoms with Crippen LogP contribution in [0.1, 0.15) is 27.8 Å². The van der Waals surface area contributed by atoms with Crippen molar-refractivity contribution in [1.29, 1.82) is 0 Å². The highest BCUT2D eigenvalue weighted by molar-refractivity contribution is 5.99. The third-order valence-corrected chi connectivity index (χ3v) is 5.19. The molecule has 0 unspecified atom stereocenters. The first-order valence-electron chi connectivity index (χ1n) is 9.75. The van der Waals surface area contributed by atoms with E-state index in [9.17, 15) is 9.90 Å². The second kappa shape index (κ2) is 7.97. The minimum atomic E-state index is -1.87. The zero-order chi connectivity index (χ0) is 21.1. The van der Waals surface area contributed by atoms with Crippen LogP contribution < -0.4 is 5.43 Å². The Morgan fingerprint density at radius 3 is 2.23 bits per heavy atom. The molecule has 0 spiro atoms. The minimum absolute atomic E-state index is 0.493. The van der Waals surface area contributed by atoms with Crippen molar-refractivity contribution in [3.8, 4) is 0 Å². The first-order chi connectivity index (χ1) is 14.5. The van der Waals surface area contributed by atoms with E-state index in [0.717, 1.165) is 27.6 Å². The van der Waals surface area contributed by atoms with Gasteiger partial charge in [0.15, 0.2) is 5.60 Å². The monoisotopic (exact) mass is 397 g/mol. The molecule has 150 valence electrons. The van der Waals surface area contributed by atoms with Crippen molar-refractivity contribution in [2.75, 3.05) is 0 Å². The fourth-order valence-electron chi connectivity index (χ4n) is 3.61. The zero-order valence-electron chi connectivity index (χ0n) is 16.9. The van der Waals surface area contributed by atoms with E-state index in [1.807, 2.05) is 80.7 Å². The number of carbonyl (C=O) groups excluding carboxylic acids is 1. The Hall–Kier alpha value is -3.70. The number of nitrogens with zero attached hydrogens (tertiary/aromatic N) is 1. The fourth-order valence-corrected chi connectivity index (χ4v) is 3.61. The molecule has 5 heteroatoms. The van der Waals surface area contributed by atoms with Crippen molar-refractivity contribution < 1.29 is 9.90 Å². The van der Waals surface area contributed by atoms with Gasteiger partial charge in [0, 0.05) is 22.7 Å². The lowest BCUT2D eigenvalue weighted by Crippen LogP contribution is -2.43. The summed E-state index contributed by atoms with van der Waals surface area (Å²) in [5, 5.41) is 16.7. The second-order valence-corrected chi connectivity index (χ2v) is 7.44. The number of para-hydroxylation sites is 1. The van der Waals surface area contributed by atoms with E-state index in [1.165, 1.54) is 0 Å². The number of hydrogen-bond donors (Lipinski definition) is 3. The number of carbonyl (C=O) groups is 1. The van der Waals surface area contributed by atoms with Crippen molar-refractivity contribution in [2.24, 2.45) is 5.10 Å². The summed E-state index contributed by atoms with van der Waals surface area (Å²) in [6.45, 7) is 3.85. The van der Waals surface area contributed by atoms with Crippen LogP contribution in [-0.2, 0) is 10.4 Å². The maximum absolute atomic E-state index is 13.2. The Morgan fingerprint density at radius 1 is 0.967 bits per heavy atom. The van der Waals surface area contributed by atoms with Crippen LogP contribution in [0, 0.1) is 13.8 Å². The van der Waals surface area contributed by atoms with E-state index >= 15 is 0 Å². The number of nitrogens with one attached hydrogen (secondary N) is 2. The average Bonchev–Trinajstić information content (AvgIpc) is 3.16. The van der Waals surface area contributed by atoms with Gasteiger partial charge < -0.3 is 10.1 Å². The third kappa shape index (κ3) is 3.63. The Balaban J connectivity index is 1.67. The Kier molecular flexibility index (Phi) is 5.21. The molecule has 0 aliphatic heterocycles. The Labute approximate surface area is 175 Å². The molecule has 5 nitrogen and oxygen atoms in total. The largest absolute Gasteiger partial charge is 0.372 e. The van der Waals surface area contributed by atoms with Crippen LogP contribution in [0.2, 0.25) is 0 Å². The predicted molar refractivity (Wildman–Crippen MR) is 119 cm³/mol. The number of H-pyrrole nitrogens is 1. The molecule has 3 N–H and O–H groups in total. The van der Waals surface area contributed by atoms with Gasteiger partial charge in [-0.2, -0.15) is 5.10 Å². The number of hydrazone groups is 1. The molecule has 4 rings (SSSR count). The van der Waals surface area contributed by atoms with Gasteiger partial charge in [-0.1, -0.05) is 77.9 Å². The number of aromatic amines is 1. The number of fused-ring (bicyclic) bond motifs is 1. The summed E-state index contributed by atoms with van der Waals surface area (Å²) >= 11 is 0. The van der Waals surface area contributed by atoms with Gasteiger partial charge in [0.25, 0.3) is 5.91 Å². The molecule has 0 bridgehead atoms. The highest BCUT2D eigenvalue weighted by atomic mass is 16.3. The number of benzene rings is 3. The number of aliphatic hydroxyl groups is 1. The molecule has 0 aliphatic rings. The van der Waals surface area contributed by atoms with Gasteiger partial charge >= 0.3 is 0 Å². The number of aryl methyl sites for hydroxylation is 2. The van der Waals surface area contributed by atoms with Crippen molar-refractivity contribution >= 4 is 23.0 Å². The highest BCUT2D eigenvalue weighted by Crippen LogP contribution is 2.31. The summed E-state index contributed by atoms with van der Waals surface area (Å²) < 4.78 is 0. The standard InChI is InChI=1S/C25H23N3O2/c1-17-7-5-9-20(13-17)25(30,21-10-6-8-18(2)14-21)24(29)28-27-16-19-15-26-23-12-4-3-11-22(19)23/h3-16,26,30H,1-2H3,(H,28,29)/b27-16+. The molecular weight excluding hydrogens is 374 g/mol. The lowest BCUT2D eigenvalue weighted by Gasteiger charge is -2.27. The molecule has 0 saturated heterocycles. The Bertz CT molecular complexity index is 1190. The summed E-state index contributed by atoms with van der Waals surface area (Å²) in [6, 6.07) is 22.5. The summed E-state index contributed by atoms with van der Waals surface area (Å²) in [5.74, 6) is -0.616. The van der Waals surface area contributed by atoms with Gasteiger partial charge in [-0.05, 0) is 31.0 Å². The van der Waals surface area contributed by atoms with Crippen molar-refractivity contribution in [3.05, 3.63) is 107 Å². The van der Waals surface area contributed by atoms with Gasteiger partial charge in [0.05, 0.1) is 6.21 Å². The highest BCUT2D eigenvalue weighted by Gasteiger charge is 2.40. The third-order valence-electron chi connectivity index (χ3n) is 5.19. The molecule has 30 heavy (non-hydrogen) atoms. The van der Waals surface area contributed by atoms with E-state index in [-0.39, 0.29) is 0 Å². The van der Waals surface area contributed by atoms with Crippen LogP contribution in [0.5, 0.6) is 0 Å². The Morgan fingerprint density at radius 2 is 1.60 bits per heavy atom. The molecule has 0 atom stereocenters. The summed E-state index contributed by atoms with van der Waals surface area (Å²) in [6.07, 6.45) is 3.40. The molecule has 4 aromatic rings. The van der Waals surface area contributed by atoms with E-state index in [0.29, 0.717) is 11.1 Å². The van der Waals surface area contributed by atoms with E-state index < -0.39 is 11.5 Å². The van der Waals surface area contributed by atoms with Crippen LogP contribution in [0.15, 0.2) is 84.1 Å². The molecule has 1 aromatic heterocycles. The summed E-state index contributed by atoms with van der Waals surface area (Å²) in [5.41, 5.74) is 5.39. The van der Waals surface area contributed by atoms with Gasteiger partial charge in [0.1, 0.15) is 0 Å². The van der Waals surface area contributed by atoms with Crippen molar-refractivity contribution in [3.63, 3.8) is 0 Å². The SMILES string of the molecule is Cc1cccc(C(O)(C(=O)N/N=C/c2c[nH]c3ccccc23)c2cccc(C)c2)c1. The van der Waals surface area contributed by atoms with Crippen LogP contribution >= 0.6 is 0 Å².